The maximum Gasteiger partial charge on any atom is 0.401 e. The number of nitrogens with one attached hydrogen (secondary N) is 2. The number of aromatic nitrogens is 2. The fourth-order valence-corrected chi connectivity index (χ4v) is 3.25. The minimum atomic E-state index is -4.21. The summed E-state index contributed by atoms with van der Waals surface area (Å²) in [5, 5.41) is 14.4. The number of piperidine rings is 1. The van der Waals surface area contributed by atoms with Gasteiger partial charge in [0.05, 0.1) is 28.7 Å². The lowest BCUT2D eigenvalue weighted by molar-refractivity contribution is -0.383. The number of fused-ring (bicyclic) bond motifs is 1. The number of halogens is 3. The maximum atomic E-state index is 12.4. The standard InChI is InChI=1S/C16H18F3N5O3/c17-16(18,19)8-23-3-1-10(2-4-23)7-20-13-6-12-11(5-14(13)24(26)27)15(25)22-9-21-12/h5-6,9-10,20H,1-4,7-8H2,(H,21,22,25). The van der Waals surface area contributed by atoms with Crippen LogP contribution in [0.25, 0.3) is 10.9 Å². The van der Waals surface area contributed by atoms with Crippen LogP contribution in [0.1, 0.15) is 12.8 Å². The number of alkyl halides is 3. The van der Waals surface area contributed by atoms with E-state index in [0.717, 1.165) is 0 Å². The van der Waals surface area contributed by atoms with E-state index in [9.17, 15) is 28.1 Å². The van der Waals surface area contributed by atoms with Crippen molar-refractivity contribution in [3.05, 3.63) is 38.9 Å². The lowest BCUT2D eigenvalue weighted by Gasteiger charge is -2.32. The number of H-pyrrole nitrogens is 1. The van der Waals surface area contributed by atoms with E-state index in [1.165, 1.54) is 23.4 Å². The van der Waals surface area contributed by atoms with Gasteiger partial charge < -0.3 is 10.3 Å². The van der Waals surface area contributed by atoms with E-state index in [4.69, 9.17) is 0 Å². The van der Waals surface area contributed by atoms with Crippen LogP contribution in [0.2, 0.25) is 0 Å². The molecule has 0 radical (unpaired) electrons. The number of hydrogen-bond acceptors (Lipinski definition) is 6. The SMILES string of the molecule is O=c1[nH]cnc2cc(NCC3CCN(CC(F)(F)F)CC3)c([N+](=O)[O-])cc12. The molecular weight excluding hydrogens is 367 g/mol. The van der Waals surface area contributed by atoms with Crippen molar-refractivity contribution in [2.45, 2.75) is 19.0 Å². The summed E-state index contributed by atoms with van der Waals surface area (Å²) in [5.41, 5.74) is -0.141. The first-order valence-corrected chi connectivity index (χ1v) is 8.42. The summed E-state index contributed by atoms with van der Waals surface area (Å²) < 4.78 is 37.3. The van der Waals surface area contributed by atoms with Crippen LogP contribution in [0, 0.1) is 16.0 Å². The molecule has 11 heteroatoms. The zero-order chi connectivity index (χ0) is 19.6. The Morgan fingerprint density at radius 2 is 2.04 bits per heavy atom. The largest absolute Gasteiger partial charge is 0.401 e. The van der Waals surface area contributed by atoms with Gasteiger partial charge in [-0.3, -0.25) is 19.8 Å². The molecule has 1 aromatic carbocycles. The Labute approximate surface area is 151 Å². The van der Waals surface area contributed by atoms with Gasteiger partial charge in [-0.05, 0) is 37.9 Å². The Bertz CT molecular complexity index is 891. The third kappa shape index (κ3) is 4.73. The average molecular weight is 385 g/mol. The van der Waals surface area contributed by atoms with E-state index in [-0.39, 0.29) is 22.7 Å². The summed E-state index contributed by atoms with van der Waals surface area (Å²) in [6.07, 6.45) is -1.84. The average Bonchev–Trinajstić information content (AvgIpc) is 2.59. The fraction of sp³-hybridized carbons (Fsp3) is 0.500. The number of nitrogens with zero attached hydrogens (tertiary/aromatic N) is 3. The van der Waals surface area contributed by atoms with Crippen molar-refractivity contribution in [3.63, 3.8) is 0 Å². The van der Waals surface area contributed by atoms with E-state index < -0.39 is 23.2 Å². The molecule has 146 valence electrons. The molecular formula is C16H18F3N5O3. The number of aromatic amines is 1. The molecule has 0 amide bonds. The predicted octanol–water partition coefficient (Wildman–Crippen LogP) is 2.52. The summed E-state index contributed by atoms with van der Waals surface area (Å²) in [7, 11) is 0. The van der Waals surface area contributed by atoms with Crippen molar-refractivity contribution >= 4 is 22.3 Å². The molecule has 8 nitrogen and oxygen atoms in total. The number of anilines is 1. The summed E-state index contributed by atoms with van der Waals surface area (Å²) in [6.45, 7) is 0.157. The molecule has 1 aromatic heterocycles. The van der Waals surface area contributed by atoms with Crippen LogP contribution in [0.4, 0.5) is 24.5 Å². The second-order valence-electron chi connectivity index (χ2n) is 6.59. The molecule has 1 saturated heterocycles. The first-order valence-electron chi connectivity index (χ1n) is 8.42. The van der Waals surface area contributed by atoms with E-state index in [1.54, 1.807) is 0 Å². The van der Waals surface area contributed by atoms with Crippen molar-refractivity contribution < 1.29 is 18.1 Å². The lowest BCUT2D eigenvalue weighted by Crippen LogP contribution is -2.41. The molecule has 0 unspecified atom stereocenters. The molecule has 0 saturated carbocycles. The van der Waals surface area contributed by atoms with Crippen LogP contribution in [0.5, 0.6) is 0 Å². The molecule has 0 bridgehead atoms. The minimum Gasteiger partial charge on any atom is -0.379 e. The van der Waals surface area contributed by atoms with Gasteiger partial charge in [-0.2, -0.15) is 13.2 Å². The van der Waals surface area contributed by atoms with E-state index in [2.05, 4.69) is 15.3 Å². The third-order valence-corrected chi connectivity index (χ3v) is 4.65. The first-order chi connectivity index (χ1) is 12.7. The summed E-state index contributed by atoms with van der Waals surface area (Å²) in [5.74, 6) is 0.108. The Morgan fingerprint density at radius 1 is 1.33 bits per heavy atom. The highest BCUT2D eigenvalue weighted by atomic mass is 19.4. The molecule has 2 aromatic rings. The molecule has 1 aliphatic heterocycles. The molecule has 0 spiro atoms. The fourth-order valence-electron chi connectivity index (χ4n) is 3.25. The molecule has 0 atom stereocenters. The monoisotopic (exact) mass is 385 g/mol. The van der Waals surface area contributed by atoms with Crippen LogP contribution < -0.4 is 10.9 Å². The highest BCUT2D eigenvalue weighted by Crippen LogP contribution is 2.29. The van der Waals surface area contributed by atoms with Gasteiger partial charge in [0.25, 0.3) is 11.2 Å². The van der Waals surface area contributed by atoms with Crippen LogP contribution in [0.15, 0.2) is 23.3 Å². The van der Waals surface area contributed by atoms with Crippen LogP contribution in [-0.4, -0.2) is 52.1 Å². The zero-order valence-corrected chi connectivity index (χ0v) is 14.3. The Kier molecular flexibility index (Phi) is 5.31. The van der Waals surface area contributed by atoms with Gasteiger partial charge in [0, 0.05) is 12.6 Å². The van der Waals surface area contributed by atoms with Gasteiger partial charge in [-0.25, -0.2) is 4.98 Å². The molecule has 1 fully saturated rings. The van der Waals surface area contributed by atoms with Crippen molar-refractivity contribution in [3.8, 4) is 0 Å². The number of benzene rings is 1. The van der Waals surface area contributed by atoms with Crippen LogP contribution >= 0.6 is 0 Å². The second kappa shape index (κ2) is 7.51. The minimum absolute atomic E-state index is 0.108. The molecule has 2 heterocycles. The normalized spacial score (nSPS) is 16.6. The summed E-state index contributed by atoms with van der Waals surface area (Å²) >= 11 is 0. The van der Waals surface area contributed by atoms with Gasteiger partial charge in [-0.15, -0.1) is 0 Å². The Hall–Kier alpha value is -2.69. The number of hydrogen-bond donors (Lipinski definition) is 2. The van der Waals surface area contributed by atoms with Gasteiger partial charge in [0.2, 0.25) is 0 Å². The highest BCUT2D eigenvalue weighted by molar-refractivity contribution is 5.86. The topological polar surface area (TPSA) is 104 Å². The van der Waals surface area contributed by atoms with Crippen LogP contribution in [-0.2, 0) is 0 Å². The Balaban J connectivity index is 1.68. The van der Waals surface area contributed by atoms with E-state index in [1.807, 2.05) is 0 Å². The van der Waals surface area contributed by atoms with Crippen LogP contribution in [0.3, 0.4) is 0 Å². The predicted molar refractivity (Wildman–Crippen MR) is 92.7 cm³/mol. The number of likely N-dealkylation sites (tertiary alicyclic amines) is 1. The zero-order valence-electron chi connectivity index (χ0n) is 14.3. The van der Waals surface area contributed by atoms with Gasteiger partial charge in [-0.1, -0.05) is 0 Å². The molecule has 27 heavy (non-hydrogen) atoms. The molecule has 3 rings (SSSR count). The van der Waals surface area contributed by atoms with Gasteiger partial charge >= 0.3 is 6.18 Å². The highest BCUT2D eigenvalue weighted by Gasteiger charge is 2.32. The van der Waals surface area contributed by atoms with Crippen molar-refractivity contribution in [2.24, 2.45) is 5.92 Å². The summed E-state index contributed by atoms with van der Waals surface area (Å²) in [4.78, 5) is 30.3. The Morgan fingerprint density at radius 3 is 2.67 bits per heavy atom. The smallest absolute Gasteiger partial charge is 0.379 e. The number of nitro groups is 1. The van der Waals surface area contributed by atoms with Crippen molar-refractivity contribution in [1.82, 2.24) is 14.9 Å². The van der Waals surface area contributed by atoms with Gasteiger partial charge in [0.1, 0.15) is 5.69 Å². The lowest BCUT2D eigenvalue weighted by atomic mass is 9.96. The first kappa shape index (κ1) is 19.1. The van der Waals surface area contributed by atoms with E-state index in [0.29, 0.717) is 38.0 Å². The quantitative estimate of drug-likeness (QED) is 0.605. The molecule has 0 aliphatic carbocycles. The number of rotatable bonds is 5. The molecule has 1 aliphatic rings. The second-order valence-corrected chi connectivity index (χ2v) is 6.59. The van der Waals surface area contributed by atoms with E-state index >= 15 is 0 Å². The van der Waals surface area contributed by atoms with Crippen molar-refractivity contribution in [2.75, 3.05) is 31.5 Å². The molecule has 2 N–H and O–H groups in total. The van der Waals surface area contributed by atoms with Crippen molar-refractivity contribution in [1.29, 1.82) is 0 Å². The number of nitro benzene ring substituents is 1. The summed E-state index contributed by atoms with van der Waals surface area (Å²) in [6, 6.07) is 2.62. The third-order valence-electron chi connectivity index (χ3n) is 4.65. The van der Waals surface area contributed by atoms with Gasteiger partial charge in [0.15, 0.2) is 0 Å². The maximum absolute atomic E-state index is 12.4.